The van der Waals surface area contributed by atoms with Gasteiger partial charge in [-0.1, -0.05) is 41.5 Å². The van der Waals surface area contributed by atoms with Gasteiger partial charge in [0.05, 0.1) is 0 Å². The Balaban J connectivity index is 0. The molecule has 0 saturated heterocycles. The molecule has 0 bridgehead atoms. The van der Waals surface area contributed by atoms with Gasteiger partial charge in [-0.2, -0.15) is 0 Å². The second kappa shape index (κ2) is 9.84. The number of hydrogen-bond donors (Lipinski definition) is 0. The van der Waals surface area contributed by atoms with Crippen molar-refractivity contribution < 1.29 is 8.42 Å². The SMILES string of the molecule is CCS(=O)C(C)C.CC[S@](=O)C(C)C. The van der Waals surface area contributed by atoms with Crippen LogP contribution < -0.4 is 0 Å². The van der Waals surface area contributed by atoms with Crippen molar-refractivity contribution in [3.8, 4) is 0 Å². The lowest BCUT2D eigenvalue weighted by Gasteiger charge is -1.98. The minimum Gasteiger partial charge on any atom is -0.259 e. The highest BCUT2D eigenvalue weighted by Crippen LogP contribution is 1.91. The van der Waals surface area contributed by atoms with E-state index in [1.165, 1.54) is 0 Å². The molecule has 0 amide bonds. The first-order chi connectivity index (χ1) is 6.36. The summed E-state index contributed by atoms with van der Waals surface area (Å²) in [6.07, 6.45) is 0. The summed E-state index contributed by atoms with van der Waals surface area (Å²) in [5.41, 5.74) is 0. The molecule has 0 radical (unpaired) electrons. The normalized spacial score (nSPS) is 14.9. The van der Waals surface area contributed by atoms with Crippen molar-refractivity contribution in [2.45, 2.75) is 52.0 Å². The summed E-state index contributed by atoms with van der Waals surface area (Å²) in [6, 6.07) is 0. The Kier molecular flexibility index (Phi) is 11.8. The Hall–Kier alpha value is 0.300. The quantitative estimate of drug-likeness (QED) is 0.756. The van der Waals surface area contributed by atoms with Crippen molar-refractivity contribution >= 4 is 21.6 Å². The van der Waals surface area contributed by atoms with Gasteiger partial charge in [0.25, 0.3) is 0 Å². The summed E-state index contributed by atoms with van der Waals surface area (Å²) in [5, 5.41) is 0.676. The summed E-state index contributed by atoms with van der Waals surface area (Å²) in [5.74, 6) is 1.58. The van der Waals surface area contributed by atoms with E-state index in [0.29, 0.717) is 10.5 Å². The molecule has 0 N–H and O–H groups in total. The standard InChI is InChI=1S/2C5H12OS/c2*1-4-7(6)5(2)3/h2*5H,4H2,1-3H3/t7-;/m0./s1. The molecule has 0 aliphatic heterocycles. The summed E-state index contributed by atoms with van der Waals surface area (Å²) >= 11 is 0. The Morgan fingerprint density at radius 2 is 1.00 bits per heavy atom. The van der Waals surface area contributed by atoms with Crippen LogP contribution in [0.4, 0.5) is 0 Å². The van der Waals surface area contributed by atoms with Crippen molar-refractivity contribution in [3.63, 3.8) is 0 Å². The maximum absolute atomic E-state index is 10.6. The van der Waals surface area contributed by atoms with Crippen LogP contribution in [0.3, 0.4) is 0 Å². The van der Waals surface area contributed by atoms with Crippen LogP contribution in [-0.4, -0.2) is 30.4 Å². The van der Waals surface area contributed by atoms with Crippen LogP contribution >= 0.6 is 0 Å². The fourth-order valence-electron chi connectivity index (χ4n) is 0.667. The van der Waals surface area contributed by atoms with Gasteiger partial charge in [0.1, 0.15) is 0 Å². The van der Waals surface area contributed by atoms with Gasteiger partial charge >= 0.3 is 0 Å². The smallest absolute Gasteiger partial charge is 0.0291 e. The van der Waals surface area contributed by atoms with Gasteiger partial charge in [-0.15, -0.1) is 0 Å². The van der Waals surface area contributed by atoms with Crippen molar-refractivity contribution in [1.29, 1.82) is 0 Å². The topological polar surface area (TPSA) is 34.1 Å². The number of rotatable bonds is 4. The molecular formula is C10H24O2S2. The van der Waals surface area contributed by atoms with Crippen LogP contribution in [0.15, 0.2) is 0 Å². The lowest BCUT2D eigenvalue weighted by Crippen LogP contribution is -2.06. The highest BCUT2D eigenvalue weighted by molar-refractivity contribution is 7.85. The monoisotopic (exact) mass is 240 g/mol. The van der Waals surface area contributed by atoms with Gasteiger partial charge in [-0.25, -0.2) is 0 Å². The van der Waals surface area contributed by atoms with E-state index in [2.05, 4.69) is 0 Å². The predicted octanol–water partition coefficient (Wildman–Crippen LogP) is 2.33. The van der Waals surface area contributed by atoms with Crippen LogP contribution in [0.1, 0.15) is 41.5 Å². The summed E-state index contributed by atoms with van der Waals surface area (Å²) < 4.78 is 21.2. The molecule has 0 rings (SSSR count). The molecule has 88 valence electrons. The van der Waals surface area contributed by atoms with Crippen LogP contribution in [0.25, 0.3) is 0 Å². The molecule has 2 nitrogen and oxygen atoms in total. The molecule has 2 atom stereocenters. The van der Waals surface area contributed by atoms with Crippen molar-refractivity contribution in [2.75, 3.05) is 11.5 Å². The molecule has 0 heterocycles. The molecule has 14 heavy (non-hydrogen) atoms. The largest absolute Gasteiger partial charge is 0.259 e. The van der Waals surface area contributed by atoms with Gasteiger partial charge in [0.2, 0.25) is 0 Å². The van der Waals surface area contributed by atoms with Crippen LogP contribution in [-0.2, 0) is 21.6 Å². The Bertz CT molecular complexity index is 157. The third-order valence-corrected chi connectivity index (χ3v) is 4.86. The maximum atomic E-state index is 10.6. The van der Waals surface area contributed by atoms with Gasteiger partial charge in [0.15, 0.2) is 0 Å². The summed E-state index contributed by atoms with van der Waals surface area (Å²) in [7, 11) is -1.16. The number of hydrogen-bond acceptors (Lipinski definition) is 2. The average molecular weight is 240 g/mol. The Morgan fingerprint density at radius 3 is 1.00 bits per heavy atom. The van der Waals surface area contributed by atoms with Crippen molar-refractivity contribution in [3.05, 3.63) is 0 Å². The van der Waals surface area contributed by atoms with Crippen LogP contribution in [0.2, 0.25) is 0 Å². The van der Waals surface area contributed by atoms with Gasteiger partial charge in [-0.05, 0) is 0 Å². The molecule has 0 fully saturated rings. The highest BCUT2D eigenvalue weighted by atomic mass is 32.2. The third-order valence-electron chi connectivity index (χ3n) is 1.62. The zero-order valence-electron chi connectivity index (χ0n) is 10.2. The third kappa shape index (κ3) is 10.4. The van der Waals surface area contributed by atoms with Crippen molar-refractivity contribution in [2.24, 2.45) is 0 Å². The maximum Gasteiger partial charge on any atom is 0.0291 e. The molecule has 0 aromatic heterocycles. The van der Waals surface area contributed by atoms with E-state index in [1.807, 2.05) is 41.5 Å². The van der Waals surface area contributed by atoms with E-state index in [1.54, 1.807) is 0 Å². The molecule has 0 aliphatic rings. The molecule has 0 aromatic carbocycles. The fraction of sp³-hybridized carbons (Fsp3) is 1.00. The predicted molar refractivity (Wildman–Crippen MR) is 67.6 cm³/mol. The second-order valence-corrected chi connectivity index (χ2v) is 8.00. The fourth-order valence-corrected chi connectivity index (χ4v) is 2.00. The minimum absolute atomic E-state index is 0.338. The zero-order chi connectivity index (χ0) is 11.7. The first kappa shape index (κ1) is 16.7. The zero-order valence-corrected chi connectivity index (χ0v) is 11.8. The minimum atomic E-state index is -0.579. The van der Waals surface area contributed by atoms with Crippen molar-refractivity contribution in [1.82, 2.24) is 0 Å². The van der Waals surface area contributed by atoms with E-state index >= 15 is 0 Å². The first-order valence-corrected chi connectivity index (χ1v) is 7.87. The van der Waals surface area contributed by atoms with Gasteiger partial charge in [0, 0.05) is 43.6 Å². The summed E-state index contributed by atoms with van der Waals surface area (Å²) in [6.45, 7) is 11.8. The lowest BCUT2D eigenvalue weighted by molar-refractivity contribution is 0.677. The first-order valence-electron chi connectivity index (χ1n) is 5.11. The molecule has 0 aromatic rings. The van der Waals surface area contributed by atoms with E-state index in [0.717, 1.165) is 11.5 Å². The van der Waals surface area contributed by atoms with E-state index < -0.39 is 21.6 Å². The molecule has 0 saturated carbocycles. The molecule has 1 unspecified atom stereocenters. The molecule has 0 aliphatic carbocycles. The summed E-state index contributed by atoms with van der Waals surface area (Å²) in [4.78, 5) is 0. The Labute approximate surface area is 93.8 Å². The van der Waals surface area contributed by atoms with E-state index in [4.69, 9.17) is 0 Å². The highest BCUT2D eigenvalue weighted by Gasteiger charge is 1.98. The Morgan fingerprint density at radius 1 is 0.786 bits per heavy atom. The lowest BCUT2D eigenvalue weighted by atomic mass is 10.6. The van der Waals surface area contributed by atoms with E-state index in [9.17, 15) is 8.42 Å². The molecule has 0 spiro atoms. The molecular weight excluding hydrogens is 216 g/mol. The second-order valence-electron chi connectivity index (χ2n) is 3.44. The van der Waals surface area contributed by atoms with Crippen LogP contribution in [0.5, 0.6) is 0 Å². The van der Waals surface area contributed by atoms with Gasteiger partial charge in [-0.3, -0.25) is 8.42 Å². The average Bonchev–Trinajstić information content (AvgIpc) is 2.15. The van der Waals surface area contributed by atoms with Gasteiger partial charge < -0.3 is 0 Å². The molecule has 4 heteroatoms. The van der Waals surface area contributed by atoms with E-state index in [-0.39, 0.29) is 0 Å². The van der Waals surface area contributed by atoms with Crippen LogP contribution in [0, 0.1) is 0 Å².